The van der Waals surface area contributed by atoms with Gasteiger partial charge < -0.3 is 9.47 Å². The van der Waals surface area contributed by atoms with Crippen molar-refractivity contribution in [3.05, 3.63) is 336 Å². The van der Waals surface area contributed by atoms with Gasteiger partial charge in [-0.1, -0.05) is 268 Å². The van der Waals surface area contributed by atoms with Crippen molar-refractivity contribution < 1.29 is 0 Å². The van der Waals surface area contributed by atoms with Gasteiger partial charge in [0.25, 0.3) is 0 Å². The molecule has 14 aromatic rings. The van der Waals surface area contributed by atoms with E-state index in [0.29, 0.717) is 5.92 Å². The Morgan fingerprint density at radius 3 is 1.29 bits per heavy atom. The number of para-hydroxylation sites is 1. The molecule has 1 heterocycles. The standard InChI is InChI=1S/C92H76N2/c1-89(2,3)58-86(90(4,5)6)71-28-16-15-27-70(71)65-40-49-77-74-31-19-22-34-82(74)92(85(77)56-65)81-33-21-18-30-73(81)76-48-39-64(55-84(76)92)63-42-52-88-79(54-63)78-53-62(41-51-87(78)94(88)66-25-13-10-14-26-66)61-37-45-68(46-38-61)93(67-43-35-60(36-44-67)59-23-11-9-12-24-59)69-47-50-75-72-29-17-20-32-80(72)91(7,8)83(75)57-69/h9-57,86H,58H2,1-8H3. The number of nitrogens with zero attached hydrogens (tertiary/aromatic N) is 2. The Kier molecular flexibility index (Phi) is 13.1. The first-order valence-corrected chi connectivity index (χ1v) is 33.6. The number of fused-ring (bicyclic) bond motifs is 16. The minimum atomic E-state index is -0.528. The lowest BCUT2D eigenvalue weighted by Gasteiger charge is -2.37. The summed E-state index contributed by atoms with van der Waals surface area (Å²) >= 11 is 0. The van der Waals surface area contributed by atoms with Crippen LogP contribution < -0.4 is 4.90 Å². The van der Waals surface area contributed by atoms with Crippen LogP contribution >= 0.6 is 0 Å². The van der Waals surface area contributed by atoms with Crippen molar-refractivity contribution in [2.24, 2.45) is 10.8 Å². The maximum Gasteiger partial charge on any atom is 0.0725 e. The van der Waals surface area contributed by atoms with Crippen molar-refractivity contribution in [1.82, 2.24) is 4.57 Å². The van der Waals surface area contributed by atoms with E-state index in [2.05, 4.69) is 362 Å². The smallest absolute Gasteiger partial charge is 0.0725 e. The van der Waals surface area contributed by atoms with Crippen molar-refractivity contribution in [2.75, 3.05) is 4.90 Å². The van der Waals surface area contributed by atoms with Crippen LogP contribution in [0, 0.1) is 10.8 Å². The number of aromatic nitrogens is 1. The number of hydrogen-bond donors (Lipinski definition) is 0. The van der Waals surface area contributed by atoms with Gasteiger partial charge in [0.05, 0.1) is 16.4 Å². The van der Waals surface area contributed by atoms with E-state index in [-0.39, 0.29) is 16.2 Å². The predicted octanol–water partition coefficient (Wildman–Crippen LogP) is 25.1. The first kappa shape index (κ1) is 57.4. The minimum Gasteiger partial charge on any atom is -0.310 e. The van der Waals surface area contributed by atoms with Gasteiger partial charge in [0, 0.05) is 38.9 Å². The maximum absolute atomic E-state index is 2.58. The lowest BCUT2D eigenvalue weighted by atomic mass is 9.67. The van der Waals surface area contributed by atoms with E-state index < -0.39 is 5.41 Å². The summed E-state index contributed by atoms with van der Waals surface area (Å²) in [6.45, 7) is 19.2. The van der Waals surface area contributed by atoms with Crippen LogP contribution in [0.15, 0.2) is 297 Å². The Hall–Kier alpha value is -10.5. The van der Waals surface area contributed by atoms with Crippen molar-refractivity contribution in [3.63, 3.8) is 0 Å². The number of hydrogen-bond acceptors (Lipinski definition) is 1. The first-order chi connectivity index (χ1) is 45.6. The molecule has 2 nitrogen and oxygen atoms in total. The molecule has 3 aliphatic carbocycles. The number of benzene rings is 13. The predicted molar refractivity (Wildman–Crippen MR) is 397 cm³/mol. The van der Waals surface area contributed by atoms with E-state index in [9.17, 15) is 0 Å². The van der Waals surface area contributed by atoms with Gasteiger partial charge in [0.15, 0.2) is 0 Å². The van der Waals surface area contributed by atoms with Crippen molar-refractivity contribution >= 4 is 38.9 Å². The van der Waals surface area contributed by atoms with Crippen LogP contribution in [-0.2, 0) is 10.8 Å². The Labute approximate surface area is 554 Å². The molecular weight excluding hydrogens is 1130 g/mol. The molecule has 454 valence electrons. The zero-order chi connectivity index (χ0) is 63.8. The topological polar surface area (TPSA) is 8.17 Å². The fourth-order valence-corrected chi connectivity index (χ4v) is 16.8. The zero-order valence-electron chi connectivity index (χ0n) is 55.0. The second kappa shape index (κ2) is 21.5. The largest absolute Gasteiger partial charge is 0.310 e. The Morgan fingerprint density at radius 1 is 0.319 bits per heavy atom. The maximum atomic E-state index is 2.58. The van der Waals surface area contributed by atoms with Gasteiger partial charge in [0.1, 0.15) is 0 Å². The highest BCUT2D eigenvalue weighted by Gasteiger charge is 2.52. The third-order valence-corrected chi connectivity index (χ3v) is 21.2. The molecule has 2 heteroatoms. The van der Waals surface area contributed by atoms with Gasteiger partial charge in [-0.2, -0.15) is 0 Å². The Bertz CT molecular complexity index is 5310. The van der Waals surface area contributed by atoms with Crippen LogP contribution in [0.25, 0.3) is 105 Å². The molecule has 0 aliphatic heterocycles. The van der Waals surface area contributed by atoms with E-state index in [4.69, 9.17) is 0 Å². The summed E-state index contributed by atoms with van der Waals surface area (Å²) in [5, 5.41) is 2.44. The lowest BCUT2D eigenvalue weighted by Crippen LogP contribution is -2.26. The van der Waals surface area contributed by atoms with E-state index in [0.717, 1.165) is 29.2 Å². The number of anilines is 3. The summed E-state index contributed by atoms with van der Waals surface area (Å²) in [6.07, 6.45) is 1.10. The molecule has 0 bridgehead atoms. The summed E-state index contributed by atoms with van der Waals surface area (Å²) in [5.41, 5.74) is 33.6. The minimum absolute atomic E-state index is 0.0731. The zero-order valence-corrected chi connectivity index (χ0v) is 55.0. The quantitative estimate of drug-likeness (QED) is 0.132. The molecule has 0 saturated carbocycles. The van der Waals surface area contributed by atoms with Crippen LogP contribution in [-0.4, -0.2) is 4.57 Å². The molecule has 0 fully saturated rings. The molecule has 1 aromatic heterocycles. The third-order valence-electron chi connectivity index (χ3n) is 21.2. The second-order valence-electron chi connectivity index (χ2n) is 29.5. The molecule has 2 unspecified atom stereocenters. The summed E-state index contributed by atoms with van der Waals surface area (Å²) in [6, 6.07) is 113. The molecule has 94 heavy (non-hydrogen) atoms. The molecule has 0 N–H and O–H groups in total. The van der Waals surface area contributed by atoms with Crippen molar-refractivity contribution in [2.45, 2.75) is 78.6 Å². The lowest BCUT2D eigenvalue weighted by molar-refractivity contribution is 0.229. The second-order valence-corrected chi connectivity index (χ2v) is 29.5. The highest BCUT2D eigenvalue weighted by molar-refractivity contribution is 6.12. The molecule has 1 spiro atoms. The Balaban J connectivity index is 0.787. The third kappa shape index (κ3) is 9.05. The van der Waals surface area contributed by atoms with Gasteiger partial charge in [-0.05, 0) is 225 Å². The SMILES string of the molecule is CC(C)(C)CC(c1ccccc1-c1ccc2c(c1)C1(c3ccccc3-c3ccc(-c4ccc5c(c4)c4cc(-c6ccc(N(c7ccc(-c8ccccc8)cc7)c7ccc8c(c7)C(C)(C)c7ccccc7-8)cc6)ccc4n5-c4ccccc4)cc31)c1ccccc1-2)C(C)(C)C. The van der Waals surface area contributed by atoms with Crippen LogP contribution in [0.4, 0.5) is 17.1 Å². The van der Waals surface area contributed by atoms with Gasteiger partial charge in [0.2, 0.25) is 0 Å². The van der Waals surface area contributed by atoms with Crippen molar-refractivity contribution in [1.29, 1.82) is 0 Å². The molecule has 3 aliphatic rings. The van der Waals surface area contributed by atoms with Gasteiger partial charge in [-0.3, -0.25) is 0 Å². The Morgan fingerprint density at radius 2 is 0.713 bits per heavy atom. The molecule has 0 amide bonds. The number of rotatable bonds is 10. The fraction of sp³-hybridized carbons (Fsp3) is 0.152. The molecular formula is C92H76N2. The summed E-state index contributed by atoms with van der Waals surface area (Å²) < 4.78 is 2.45. The molecule has 2 atom stereocenters. The normalized spacial score (nSPS) is 15.1. The van der Waals surface area contributed by atoms with Crippen LogP contribution in [0.1, 0.15) is 107 Å². The van der Waals surface area contributed by atoms with Crippen molar-refractivity contribution in [3.8, 4) is 83.6 Å². The van der Waals surface area contributed by atoms with E-state index in [1.165, 1.54) is 139 Å². The highest BCUT2D eigenvalue weighted by Crippen LogP contribution is 2.64. The average molecular weight is 1210 g/mol. The summed E-state index contributed by atoms with van der Waals surface area (Å²) in [7, 11) is 0. The summed E-state index contributed by atoms with van der Waals surface area (Å²) in [4.78, 5) is 2.42. The van der Waals surface area contributed by atoms with E-state index >= 15 is 0 Å². The monoisotopic (exact) mass is 1210 g/mol. The first-order valence-electron chi connectivity index (χ1n) is 33.6. The molecule has 13 aromatic carbocycles. The van der Waals surface area contributed by atoms with E-state index in [1.54, 1.807) is 0 Å². The van der Waals surface area contributed by atoms with Gasteiger partial charge >= 0.3 is 0 Å². The van der Waals surface area contributed by atoms with Crippen LogP contribution in [0.2, 0.25) is 0 Å². The molecule has 0 radical (unpaired) electrons. The van der Waals surface area contributed by atoms with Crippen LogP contribution in [0.5, 0.6) is 0 Å². The van der Waals surface area contributed by atoms with Crippen LogP contribution in [0.3, 0.4) is 0 Å². The van der Waals surface area contributed by atoms with E-state index in [1.807, 2.05) is 0 Å². The average Bonchev–Trinajstić information content (AvgIpc) is 1.51. The van der Waals surface area contributed by atoms with Gasteiger partial charge in [-0.15, -0.1) is 0 Å². The fourth-order valence-electron chi connectivity index (χ4n) is 16.8. The summed E-state index contributed by atoms with van der Waals surface area (Å²) in [5.74, 6) is 0.373. The molecule has 0 saturated heterocycles. The van der Waals surface area contributed by atoms with Gasteiger partial charge in [-0.25, -0.2) is 0 Å². The molecule has 17 rings (SSSR count). The highest BCUT2D eigenvalue weighted by atomic mass is 15.1.